The molecule has 1 rings (SSSR count). The van der Waals surface area contributed by atoms with E-state index in [1.54, 1.807) is 0 Å². The molecule has 6 heteroatoms. The third-order valence-corrected chi connectivity index (χ3v) is 7.35. The highest BCUT2D eigenvalue weighted by molar-refractivity contribution is 6.70. The maximum absolute atomic E-state index is 6.23. The Kier molecular flexibility index (Phi) is 8.42. The normalized spacial score (nSPS) is 26.6. The molecule has 0 spiro atoms. The Balaban J connectivity index is 2.60. The van der Waals surface area contributed by atoms with Crippen molar-refractivity contribution in [1.82, 2.24) is 0 Å². The summed E-state index contributed by atoms with van der Waals surface area (Å²) in [5.74, 6) is 2.03. The Hall–Kier alpha value is 0.531. The van der Waals surface area contributed by atoms with Crippen LogP contribution in [-0.4, -0.2) is 44.8 Å². The van der Waals surface area contributed by atoms with Crippen LogP contribution in [0.2, 0.25) is 58.9 Å². The molecule has 0 atom stereocenters. The fourth-order valence-corrected chi connectivity index (χ4v) is 5.42. The molecule has 3 nitrogen and oxygen atoms in total. The van der Waals surface area contributed by atoms with Gasteiger partial charge < -0.3 is 13.3 Å². The topological polar surface area (TPSA) is 27.7 Å². The average Bonchev–Trinajstić information content (AvgIpc) is 2.38. The summed E-state index contributed by atoms with van der Waals surface area (Å²) >= 11 is 0. The Morgan fingerprint density at radius 2 is 0.708 bits per heavy atom. The lowest BCUT2D eigenvalue weighted by atomic mass is 9.76. The largest absolute Gasteiger partial charge is 0.417 e. The van der Waals surface area contributed by atoms with E-state index in [0.29, 0.717) is 17.8 Å². The highest BCUT2D eigenvalue weighted by Crippen LogP contribution is 2.35. The molecule has 0 radical (unpaired) electrons. The molecule has 0 saturated heterocycles. The van der Waals surface area contributed by atoms with Crippen LogP contribution >= 0.6 is 0 Å². The van der Waals surface area contributed by atoms with Crippen LogP contribution in [0, 0.1) is 17.8 Å². The molecule has 1 aliphatic rings. The first-order valence-electron chi connectivity index (χ1n) is 9.65. The number of rotatable bonds is 9. The van der Waals surface area contributed by atoms with Gasteiger partial charge in [0.05, 0.1) is 0 Å². The van der Waals surface area contributed by atoms with Gasteiger partial charge in [0.15, 0.2) is 25.0 Å². The standard InChI is InChI=1S/C18H42O3Si3/c1-22(2,3)19-13-16-10-17(14-20-23(4,5)6)12-18(11-16)15-21-24(7,8)9/h16-18H,10-15H2,1-9H3. The Bertz CT molecular complexity index is 306. The van der Waals surface area contributed by atoms with Crippen molar-refractivity contribution >= 4 is 25.0 Å². The smallest absolute Gasteiger partial charge is 0.183 e. The Morgan fingerprint density at radius 1 is 0.500 bits per heavy atom. The van der Waals surface area contributed by atoms with Gasteiger partial charge in [-0.3, -0.25) is 0 Å². The van der Waals surface area contributed by atoms with E-state index in [2.05, 4.69) is 58.9 Å². The zero-order valence-corrected chi connectivity index (χ0v) is 20.7. The highest BCUT2D eigenvalue weighted by Gasteiger charge is 2.32. The molecule has 1 fully saturated rings. The minimum absolute atomic E-state index is 0.677. The number of hydrogen-bond donors (Lipinski definition) is 0. The third kappa shape index (κ3) is 11.2. The minimum Gasteiger partial charge on any atom is -0.417 e. The van der Waals surface area contributed by atoms with Crippen LogP contribution in [0.1, 0.15) is 19.3 Å². The van der Waals surface area contributed by atoms with Gasteiger partial charge in [-0.25, -0.2) is 0 Å². The lowest BCUT2D eigenvalue weighted by Crippen LogP contribution is -2.37. The van der Waals surface area contributed by atoms with E-state index < -0.39 is 25.0 Å². The van der Waals surface area contributed by atoms with Gasteiger partial charge in [0.2, 0.25) is 0 Å². The summed E-state index contributed by atoms with van der Waals surface area (Å²) in [6, 6.07) is 0. The van der Waals surface area contributed by atoms with Crippen molar-refractivity contribution < 1.29 is 13.3 Å². The van der Waals surface area contributed by atoms with Crippen molar-refractivity contribution in [2.75, 3.05) is 19.8 Å². The van der Waals surface area contributed by atoms with Gasteiger partial charge in [-0.2, -0.15) is 0 Å². The summed E-state index contributed by atoms with van der Waals surface area (Å²) in [4.78, 5) is 0. The molecule has 0 aromatic heterocycles. The van der Waals surface area contributed by atoms with E-state index in [0.717, 1.165) is 19.8 Å². The molecule has 1 saturated carbocycles. The van der Waals surface area contributed by atoms with Gasteiger partial charge in [-0.15, -0.1) is 0 Å². The molecule has 24 heavy (non-hydrogen) atoms. The fraction of sp³-hybridized carbons (Fsp3) is 1.00. The molecule has 0 bridgehead atoms. The van der Waals surface area contributed by atoms with Crippen LogP contribution < -0.4 is 0 Å². The Morgan fingerprint density at radius 3 is 0.875 bits per heavy atom. The zero-order chi connectivity index (χ0) is 18.6. The average molecular weight is 391 g/mol. The molecule has 0 aliphatic heterocycles. The monoisotopic (exact) mass is 390 g/mol. The Labute approximate surface area is 154 Å². The number of hydrogen-bond acceptors (Lipinski definition) is 3. The van der Waals surface area contributed by atoms with Gasteiger partial charge >= 0.3 is 0 Å². The molecule has 0 N–H and O–H groups in total. The van der Waals surface area contributed by atoms with Crippen molar-refractivity contribution in [1.29, 1.82) is 0 Å². The quantitative estimate of drug-likeness (QED) is 0.481. The van der Waals surface area contributed by atoms with Gasteiger partial charge in [0.1, 0.15) is 0 Å². The minimum atomic E-state index is -1.43. The molecule has 144 valence electrons. The van der Waals surface area contributed by atoms with Crippen LogP contribution in [0.15, 0.2) is 0 Å². The van der Waals surface area contributed by atoms with Gasteiger partial charge in [0.25, 0.3) is 0 Å². The van der Waals surface area contributed by atoms with E-state index in [1.165, 1.54) is 19.3 Å². The van der Waals surface area contributed by atoms with E-state index in [4.69, 9.17) is 13.3 Å². The first-order valence-corrected chi connectivity index (χ1v) is 19.9. The highest BCUT2D eigenvalue weighted by atomic mass is 28.4. The van der Waals surface area contributed by atoms with Crippen LogP contribution in [-0.2, 0) is 13.3 Å². The second-order valence-electron chi connectivity index (χ2n) is 10.6. The summed E-state index contributed by atoms with van der Waals surface area (Å²) in [7, 11) is -4.29. The van der Waals surface area contributed by atoms with Crippen molar-refractivity contribution in [2.45, 2.75) is 78.2 Å². The summed E-state index contributed by atoms with van der Waals surface area (Å²) in [6.45, 7) is 23.4. The zero-order valence-electron chi connectivity index (χ0n) is 17.7. The lowest BCUT2D eigenvalue weighted by Gasteiger charge is -2.37. The van der Waals surface area contributed by atoms with Gasteiger partial charge in [0, 0.05) is 19.8 Å². The van der Waals surface area contributed by atoms with E-state index in [-0.39, 0.29) is 0 Å². The predicted molar refractivity (Wildman–Crippen MR) is 112 cm³/mol. The molecule has 0 heterocycles. The van der Waals surface area contributed by atoms with Crippen LogP contribution in [0.4, 0.5) is 0 Å². The molecule has 1 aliphatic carbocycles. The molecular formula is C18H42O3Si3. The molecule has 0 unspecified atom stereocenters. The molecule has 0 aromatic carbocycles. The van der Waals surface area contributed by atoms with E-state index >= 15 is 0 Å². The maximum atomic E-state index is 6.23. The summed E-state index contributed by atoms with van der Waals surface area (Å²) < 4.78 is 18.7. The van der Waals surface area contributed by atoms with E-state index in [9.17, 15) is 0 Å². The molecule has 0 aromatic rings. The maximum Gasteiger partial charge on any atom is 0.183 e. The summed E-state index contributed by atoms with van der Waals surface area (Å²) in [6.07, 6.45) is 3.79. The fourth-order valence-electron chi connectivity index (χ4n) is 3.21. The van der Waals surface area contributed by atoms with Crippen LogP contribution in [0.3, 0.4) is 0 Å². The van der Waals surface area contributed by atoms with E-state index in [1.807, 2.05) is 0 Å². The second-order valence-corrected chi connectivity index (χ2v) is 24.1. The summed E-state index contributed by atoms with van der Waals surface area (Å²) in [5.41, 5.74) is 0. The second kappa shape index (κ2) is 8.95. The summed E-state index contributed by atoms with van der Waals surface area (Å²) in [5, 5.41) is 0. The van der Waals surface area contributed by atoms with Gasteiger partial charge in [-0.05, 0) is 95.9 Å². The van der Waals surface area contributed by atoms with Crippen LogP contribution in [0.5, 0.6) is 0 Å². The van der Waals surface area contributed by atoms with Gasteiger partial charge in [-0.1, -0.05) is 0 Å². The van der Waals surface area contributed by atoms with Crippen molar-refractivity contribution in [2.24, 2.45) is 17.8 Å². The first kappa shape index (κ1) is 22.6. The molecular weight excluding hydrogens is 348 g/mol. The van der Waals surface area contributed by atoms with Crippen molar-refractivity contribution in [3.05, 3.63) is 0 Å². The van der Waals surface area contributed by atoms with Crippen molar-refractivity contribution in [3.8, 4) is 0 Å². The van der Waals surface area contributed by atoms with Crippen molar-refractivity contribution in [3.63, 3.8) is 0 Å². The third-order valence-electron chi connectivity index (χ3n) is 4.26. The predicted octanol–water partition coefficient (Wildman–Crippen LogP) is 5.57. The SMILES string of the molecule is C[Si](C)(C)OCC1CC(CO[Si](C)(C)C)CC(CO[Si](C)(C)C)C1. The molecule has 0 amide bonds. The lowest BCUT2D eigenvalue weighted by molar-refractivity contribution is 0.0769. The van der Waals surface area contributed by atoms with Crippen LogP contribution in [0.25, 0.3) is 0 Å². The first-order chi connectivity index (χ1) is 10.7.